The van der Waals surface area contributed by atoms with Crippen molar-refractivity contribution in [1.29, 1.82) is 0 Å². The molecule has 0 aliphatic carbocycles. The summed E-state index contributed by atoms with van der Waals surface area (Å²) < 4.78 is 0. The van der Waals surface area contributed by atoms with Crippen LogP contribution < -0.4 is 10.2 Å². The number of anilines is 2. The fourth-order valence-electron chi connectivity index (χ4n) is 2.86. The highest BCUT2D eigenvalue weighted by molar-refractivity contribution is 6.31. The van der Waals surface area contributed by atoms with Gasteiger partial charge in [0.05, 0.1) is 0 Å². The van der Waals surface area contributed by atoms with Gasteiger partial charge in [0.1, 0.15) is 12.6 Å². The summed E-state index contributed by atoms with van der Waals surface area (Å²) >= 11 is 5.95. The van der Waals surface area contributed by atoms with Crippen LogP contribution in [0.4, 0.5) is 16.2 Å². The Bertz CT molecular complexity index is 870. The van der Waals surface area contributed by atoms with Gasteiger partial charge < -0.3 is 5.32 Å². The summed E-state index contributed by atoms with van der Waals surface area (Å²) in [5, 5.41) is 3.19. The van der Waals surface area contributed by atoms with E-state index in [0.717, 1.165) is 10.5 Å². The molecule has 0 radical (unpaired) electrons. The molecule has 0 bridgehead atoms. The first kappa shape index (κ1) is 17.9. The number of amides is 4. The second-order valence-corrected chi connectivity index (χ2v) is 6.53. The van der Waals surface area contributed by atoms with E-state index in [9.17, 15) is 14.4 Å². The molecule has 1 aliphatic heterocycles. The van der Waals surface area contributed by atoms with Gasteiger partial charge in [-0.1, -0.05) is 35.9 Å². The van der Waals surface area contributed by atoms with Gasteiger partial charge in [-0.3, -0.25) is 19.4 Å². The molecule has 0 spiro atoms. The highest BCUT2D eigenvalue weighted by Crippen LogP contribution is 2.25. The number of rotatable bonds is 4. The molecule has 2 aromatic rings. The topological polar surface area (TPSA) is 69.7 Å². The highest BCUT2D eigenvalue weighted by Gasteiger charge is 2.43. The number of nitrogens with one attached hydrogen (secondary N) is 1. The zero-order chi connectivity index (χ0) is 18.8. The lowest BCUT2D eigenvalue weighted by Crippen LogP contribution is -2.39. The summed E-state index contributed by atoms with van der Waals surface area (Å²) in [6, 6.07) is 12.9. The zero-order valence-electron chi connectivity index (χ0n) is 14.4. The fourth-order valence-corrected chi connectivity index (χ4v) is 3.03. The first-order chi connectivity index (χ1) is 12.4. The van der Waals surface area contributed by atoms with E-state index in [2.05, 4.69) is 5.32 Å². The molecule has 6 nitrogen and oxygen atoms in total. The van der Waals surface area contributed by atoms with Crippen molar-refractivity contribution >= 4 is 40.8 Å². The Morgan fingerprint density at radius 3 is 2.54 bits per heavy atom. The van der Waals surface area contributed by atoms with Crippen LogP contribution in [0.25, 0.3) is 0 Å². The number of nitrogens with zero attached hydrogens (tertiary/aromatic N) is 2. The Morgan fingerprint density at radius 1 is 1.15 bits per heavy atom. The Labute approximate surface area is 156 Å². The molecule has 0 unspecified atom stereocenters. The van der Waals surface area contributed by atoms with Crippen LogP contribution in [0.15, 0.2) is 48.5 Å². The van der Waals surface area contributed by atoms with Crippen molar-refractivity contribution in [2.45, 2.75) is 19.9 Å². The summed E-state index contributed by atoms with van der Waals surface area (Å²) in [5.41, 5.74) is 2.00. The number of carbonyl (C=O) groups excluding carboxylic acids is 3. The van der Waals surface area contributed by atoms with Gasteiger partial charge in [-0.2, -0.15) is 0 Å². The van der Waals surface area contributed by atoms with E-state index < -0.39 is 23.9 Å². The first-order valence-corrected chi connectivity index (χ1v) is 8.52. The molecule has 3 rings (SSSR count). The monoisotopic (exact) mass is 371 g/mol. The van der Waals surface area contributed by atoms with Crippen LogP contribution in [0.3, 0.4) is 0 Å². The quantitative estimate of drug-likeness (QED) is 0.837. The number of carbonyl (C=O) groups is 3. The van der Waals surface area contributed by atoms with E-state index in [1.165, 1.54) is 4.90 Å². The van der Waals surface area contributed by atoms with E-state index in [1.54, 1.807) is 49.4 Å². The Kier molecular flexibility index (Phi) is 4.95. The largest absolute Gasteiger partial charge is 0.332 e. The molecule has 0 saturated carbocycles. The molecule has 1 aliphatic rings. The van der Waals surface area contributed by atoms with Crippen LogP contribution >= 0.6 is 11.6 Å². The molecule has 1 heterocycles. The van der Waals surface area contributed by atoms with Crippen molar-refractivity contribution in [1.82, 2.24) is 4.90 Å². The average Bonchev–Trinajstić information content (AvgIpc) is 2.82. The Balaban J connectivity index is 1.75. The maximum Gasteiger partial charge on any atom is 0.332 e. The second-order valence-electron chi connectivity index (χ2n) is 6.10. The highest BCUT2D eigenvalue weighted by atomic mass is 35.5. The summed E-state index contributed by atoms with van der Waals surface area (Å²) in [7, 11) is 0. The zero-order valence-corrected chi connectivity index (χ0v) is 15.2. The maximum atomic E-state index is 12.7. The van der Waals surface area contributed by atoms with Gasteiger partial charge in [0.2, 0.25) is 5.91 Å². The predicted octanol–water partition coefficient (Wildman–Crippen LogP) is 3.44. The minimum absolute atomic E-state index is 0.350. The van der Waals surface area contributed by atoms with Crippen LogP contribution in [0, 0.1) is 6.92 Å². The van der Waals surface area contributed by atoms with E-state index in [1.807, 2.05) is 13.0 Å². The summed E-state index contributed by atoms with van der Waals surface area (Å²) in [6.07, 6.45) is 0. The number of benzene rings is 2. The lowest BCUT2D eigenvalue weighted by molar-refractivity contribution is -0.130. The maximum absolute atomic E-state index is 12.7. The van der Waals surface area contributed by atoms with Crippen molar-refractivity contribution in [2.75, 3.05) is 16.8 Å². The number of imide groups is 1. The van der Waals surface area contributed by atoms with Crippen molar-refractivity contribution in [3.8, 4) is 0 Å². The van der Waals surface area contributed by atoms with Crippen LogP contribution in [0.5, 0.6) is 0 Å². The molecule has 0 aromatic heterocycles. The SMILES string of the molecule is Cc1ccc(Cl)cc1NC(=O)CN1C(=O)[C@H](C)N(c2ccccc2)C1=O. The Morgan fingerprint density at radius 2 is 1.85 bits per heavy atom. The first-order valence-electron chi connectivity index (χ1n) is 8.14. The molecule has 1 N–H and O–H groups in total. The minimum atomic E-state index is -0.661. The molecule has 26 heavy (non-hydrogen) atoms. The molecule has 134 valence electrons. The number of hydrogen-bond donors (Lipinski definition) is 1. The molecule has 1 saturated heterocycles. The van der Waals surface area contributed by atoms with E-state index >= 15 is 0 Å². The van der Waals surface area contributed by atoms with Gasteiger partial charge in [-0.15, -0.1) is 0 Å². The van der Waals surface area contributed by atoms with Crippen molar-refractivity contribution in [3.63, 3.8) is 0 Å². The van der Waals surface area contributed by atoms with Crippen LogP contribution in [-0.4, -0.2) is 35.3 Å². The smallest absolute Gasteiger partial charge is 0.324 e. The molecule has 2 aromatic carbocycles. The summed E-state index contributed by atoms with van der Waals surface area (Å²) in [6.45, 7) is 3.13. The third-order valence-electron chi connectivity index (χ3n) is 4.26. The second kappa shape index (κ2) is 7.17. The van der Waals surface area contributed by atoms with Crippen molar-refractivity contribution < 1.29 is 14.4 Å². The minimum Gasteiger partial charge on any atom is -0.324 e. The summed E-state index contributed by atoms with van der Waals surface area (Å²) in [4.78, 5) is 39.8. The Hall–Kier alpha value is -2.86. The van der Waals surface area contributed by atoms with Crippen LogP contribution in [-0.2, 0) is 9.59 Å². The molecule has 7 heteroatoms. The molecule has 1 fully saturated rings. The van der Waals surface area contributed by atoms with Crippen molar-refractivity contribution in [3.05, 3.63) is 59.1 Å². The van der Waals surface area contributed by atoms with Gasteiger partial charge in [-0.05, 0) is 43.7 Å². The third-order valence-corrected chi connectivity index (χ3v) is 4.49. The van der Waals surface area contributed by atoms with Crippen molar-refractivity contribution in [2.24, 2.45) is 0 Å². The van der Waals surface area contributed by atoms with Gasteiger partial charge >= 0.3 is 6.03 Å². The van der Waals surface area contributed by atoms with Crippen LogP contribution in [0.2, 0.25) is 5.02 Å². The standard InChI is InChI=1S/C19H18ClN3O3/c1-12-8-9-14(20)10-16(12)21-17(24)11-22-18(25)13(2)23(19(22)26)15-6-4-3-5-7-15/h3-10,13H,11H2,1-2H3,(H,21,24)/t13-/m0/s1. The van der Waals surface area contributed by atoms with Gasteiger partial charge in [-0.25, -0.2) is 4.79 Å². The van der Waals surface area contributed by atoms with Gasteiger partial charge in [0.15, 0.2) is 0 Å². The van der Waals surface area contributed by atoms with E-state index in [-0.39, 0.29) is 6.54 Å². The number of halogens is 1. The van der Waals surface area contributed by atoms with E-state index in [0.29, 0.717) is 16.4 Å². The third kappa shape index (κ3) is 3.41. The van der Waals surface area contributed by atoms with E-state index in [4.69, 9.17) is 11.6 Å². The number of urea groups is 1. The molecule has 4 amide bonds. The number of aryl methyl sites for hydroxylation is 1. The summed E-state index contributed by atoms with van der Waals surface area (Å²) in [5.74, 6) is -0.865. The van der Waals surface area contributed by atoms with Crippen LogP contribution in [0.1, 0.15) is 12.5 Å². The lowest BCUT2D eigenvalue weighted by Gasteiger charge is -2.19. The number of hydrogen-bond acceptors (Lipinski definition) is 3. The molecular formula is C19H18ClN3O3. The molecular weight excluding hydrogens is 354 g/mol. The lowest BCUT2D eigenvalue weighted by atomic mass is 10.2. The predicted molar refractivity (Wildman–Crippen MR) is 100 cm³/mol. The van der Waals surface area contributed by atoms with Gasteiger partial charge in [0, 0.05) is 16.4 Å². The normalized spacial score (nSPS) is 17.0. The number of para-hydroxylation sites is 1. The average molecular weight is 372 g/mol. The molecule has 1 atom stereocenters. The van der Waals surface area contributed by atoms with Gasteiger partial charge in [0.25, 0.3) is 5.91 Å². The fraction of sp³-hybridized carbons (Fsp3) is 0.211.